The van der Waals surface area contributed by atoms with Crippen LogP contribution in [0.5, 0.6) is 0 Å². The predicted octanol–water partition coefficient (Wildman–Crippen LogP) is 13.5. The van der Waals surface area contributed by atoms with Crippen molar-refractivity contribution in [3.63, 3.8) is 0 Å². The summed E-state index contributed by atoms with van der Waals surface area (Å²) in [6.45, 7) is 4.84. The molecule has 2 heteroatoms. The third-order valence-electron chi connectivity index (χ3n) is 11.7. The van der Waals surface area contributed by atoms with Gasteiger partial charge in [-0.25, -0.2) is 0 Å². The fourth-order valence-corrected chi connectivity index (χ4v) is 8.99. The molecule has 2 nitrogen and oxygen atoms in total. The first-order valence-electron chi connectivity index (χ1n) is 18.7. The first-order chi connectivity index (χ1) is 26.0. The van der Waals surface area contributed by atoms with E-state index in [1.54, 1.807) is 0 Å². The summed E-state index contributed by atoms with van der Waals surface area (Å²) in [6, 6.07) is 64.2. The largest absolute Gasteiger partial charge is 0.314 e. The molecule has 0 spiro atoms. The number of hydrogen-bond donors (Lipinski definition) is 0. The molecule has 1 heterocycles. The second kappa shape index (κ2) is 12.4. The molecule has 8 aromatic rings. The van der Waals surface area contributed by atoms with E-state index in [0.717, 1.165) is 6.42 Å². The standard InChI is InChI=1S/C51H40N2/c1-51(2)47-19-11-9-17-43(47)44-31-30-42(34-48(44)51)52(40-26-21-36(22-27-40)35-13-5-3-6-14-35)41-28-23-37(24-29-41)38-25-32-50-46(33-38)45-18-10-12-20-49(45)53(50)39-15-7-4-8-16-39/h3-33,48H,34H2,1-2H3. The summed E-state index contributed by atoms with van der Waals surface area (Å²) in [4.78, 5) is 2.47. The number of para-hydroxylation sites is 2. The van der Waals surface area contributed by atoms with Crippen LogP contribution in [-0.2, 0) is 5.41 Å². The quantitative estimate of drug-likeness (QED) is 0.170. The molecule has 0 N–H and O–H groups in total. The van der Waals surface area contributed by atoms with Gasteiger partial charge in [0, 0.05) is 33.5 Å². The molecule has 0 fully saturated rings. The van der Waals surface area contributed by atoms with Crippen LogP contribution in [0.4, 0.5) is 11.4 Å². The van der Waals surface area contributed by atoms with Gasteiger partial charge in [-0.2, -0.15) is 0 Å². The molecule has 2 aliphatic carbocycles. The van der Waals surface area contributed by atoms with Gasteiger partial charge in [0.25, 0.3) is 0 Å². The van der Waals surface area contributed by atoms with Gasteiger partial charge >= 0.3 is 0 Å². The Kier molecular flexibility index (Phi) is 7.33. The summed E-state index contributed by atoms with van der Waals surface area (Å²) in [6.07, 6.45) is 5.72. The zero-order valence-corrected chi connectivity index (χ0v) is 30.1. The third kappa shape index (κ3) is 5.17. The van der Waals surface area contributed by atoms with Crippen molar-refractivity contribution in [1.82, 2.24) is 4.57 Å². The lowest BCUT2D eigenvalue weighted by Crippen LogP contribution is -2.28. The Bertz CT molecular complexity index is 2690. The van der Waals surface area contributed by atoms with Crippen LogP contribution in [0.25, 0.3) is 55.3 Å². The van der Waals surface area contributed by atoms with Gasteiger partial charge in [-0.1, -0.05) is 141 Å². The number of hydrogen-bond acceptors (Lipinski definition) is 1. The lowest BCUT2D eigenvalue weighted by atomic mass is 9.74. The summed E-state index contributed by atoms with van der Waals surface area (Å²) in [5, 5.41) is 2.53. The monoisotopic (exact) mass is 680 g/mol. The molecule has 254 valence electrons. The van der Waals surface area contributed by atoms with E-state index in [9.17, 15) is 0 Å². The minimum absolute atomic E-state index is 0.0525. The van der Waals surface area contributed by atoms with E-state index in [1.165, 1.54) is 83.5 Å². The predicted molar refractivity (Wildman–Crippen MR) is 224 cm³/mol. The number of allylic oxidation sites excluding steroid dienone is 4. The molecule has 0 saturated heterocycles. The van der Waals surface area contributed by atoms with E-state index in [0.29, 0.717) is 5.92 Å². The zero-order chi connectivity index (χ0) is 35.5. The summed E-state index contributed by atoms with van der Waals surface area (Å²) < 4.78 is 2.38. The van der Waals surface area contributed by atoms with Gasteiger partial charge in [0.05, 0.1) is 11.0 Å². The smallest absolute Gasteiger partial charge is 0.0541 e. The Morgan fingerprint density at radius 3 is 1.81 bits per heavy atom. The molecule has 0 bridgehead atoms. The van der Waals surface area contributed by atoms with Crippen LogP contribution in [-0.4, -0.2) is 4.57 Å². The van der Waals surface area contributed by atoms with E-state index in [-0.39, 0.29) is 5.41 Å². The van der Waals surface area contributed by atoms with Crippen molar-refractivity contribution in [2.75, 3.05) is 4.90 Å². The third-order valence-corrected chi connectivity index (χ3v) is 11.7. The van der Waals surface area contributed by atoms with E-state index in [2.05, 4.69) is 211 Å². The van der Waals surface area contributed by atoms with E-state index in [1.807, 2.05) is 0 Å². The highest BCUT2D eigenvalue weighted by atomic mass is 15.1. The van der Waals surface area contributed by atoms with E-state index >= 15 is 0 Å². The number of rotatable bonds is 6. The molecule has 1 aromatic heterocycles. The fraction of sp³-hybridized carbons (Fsp3) is 0.0980. The SMILES string of the molecule is CC1(C)c2ccccc2C2=CC=C(N(c3ccc(-c4ccccc4)cc3)c3ccc(-c4ccc5c(c4)c4ccccc4n5-c4ccccc4)cc3)CC21. The number of aromatic nitrogens is 1. The van der Waals surface area contributed by atoms with Crippen molar-refractivity contribution in [2.24, 2.45) is 5.92 Å². The van der Waals surface area contributed by atoms with Crippen LogP contribution in [0.3, 0.4) is 0 Å². The lowest BCUT2D eigenvalue weighted by molar-refractivity contribution is 0.406. The maximum atomic E-state index is 2.47. The Morgan fingerprint density at radius 2 is 1.08 bits per heavy atom. The first-order valence-corrected chi connectivity index (χ1v) is 18.7. The van der Waals surface area contributed by atoms with Gasteiger partial charge < -0.3 is 9.47 Å². The first kappa shape index (κ1) is 31.4. The highest BCUT2D eigenvalue weighted by Crippen LogP contribution is 2.54. The van der Waals surface area contributed by atoms with Crippen molar-refractivity contribution < 1.29 is 0 Å². The Hall–Kier alpha value is -6.38. The molecule has 0 aliphatic heterocycles. The normalized spacial score (nSPS) is 15.8. The molecular formula is C51H40N2. The average Bonchev–Trinajstić information content (AvgIpc) is 3.67. The molecule has 2 aliphatic rings. The molecule has 0 radical (unpaired) electrons. The molecule has 7 aromatic carbocycles. The minimum atomic E-state index is 0.0525. The van der Waals surface area contributed by atoms with Gasteiger partial charge in [0.15, 0.2) is 0 Å². The highest BCUT2D eigenvalue weighted by Gasteiger charge is 2.44. The molecule has 0 amide bonds. The van der Waals surface area contributed by atoms with Crippen LogP contribution in [0.2, 0.25) is 0 Å². The Balaban J connectivity index is 1.05. The Labute approximate surface area is 311 Å². The van der Waals surface area contributed by atoms with Crippen LogP contribution < -0.4 is 4.90 Å². The molecule has 0 saturated carbocycles. The number of nitrogens with zero attached hydrogens (tertiary/aromatic N) is 2. The minimum Gasteiger partial charge on any atom is -0.314 e. The summed E-state index contributed by atoms with van der Waals surface area (Å²) in [5.74, 6) is 0.412. The summed E-state index contributed by atoms with van der Waals surface area (Å²) >= 11 is 0. The van der Waals surface area contributed by atoms with Gasteiger partial charge in [-0.3, -0.25) is 0 Å². The molecule has 10 rings (SSSR count). The van der Waals surface area contributed by atoms with Crippen molar-refractivity contribution in [1.29, 1.82) is 0 Å². The summed E-state index contributed by atoms with van der Waals surface area (Å²) in [5.41, 5.74) is 16.5. The zero-order valence-electron chi connectivity index (χ0n) is 30.1. The molecular weight excluding hydrogens is 641 g/mol. The maximum Gasteiger partial charge on any atom is 0.0541 e. The number of anilines is 2. The van der Waals surface area contributed by atoms with Crippen molar-refractivity contribution in [2.45, 2.75) is 25.7 Å². The second-order valence-electron chi connectivity index (χ2n) is 15.0. The topological polar surface area (TPSA) is 8.17 Å². The lowest BCUT2D eigenvalue weighted by Gasteiger charge is -2.36. The van der Waals surface area contributed by atoms with Gasteiger partial charge in [-0.05, 0) is 117 Å². The van der Waals surface area contributed by atoms with Crippen LogP contribution in [0.1, 0.15) is 31.4 Å². The Morgan fingerprint density at radius 1 is 0.509 bits per heavy atom. The summed E-state index contributed by atoms with van der Waals surface area (Å²) in [7, 11) is 0. The van der Waals surface area contributed by atoms with Crippen molar-refractivity contribution in [3.05, 3.63) is 205 Å². The molecule has 1 atom stereocenters. The van der Waals surface area contributed by atoms with Crippen LogP contribution in [0.15, 0.2) is 194 Å². The van der Waals surface area contributed by atoms with Gasteiger partial charge in [-0.15, -0.1) is 0 Å². The van der Waals surface area contributed by atoms with E-state index in [4.69, 9.17) is 0 Å². The van der Waals surface area contributed by atoms with Crippen molar-refractivity contribution >= 4 is 38.8 Å². The average molecular weight is 681 g/mol. The maximum absolute atomic E-state index is 2.47. The van der Waals surface area contributed by atoms with Gasteiger partial charge in [0.2, 0.25) is 0 Å². The molecule has 53 heavy (non-hydrogen) atoms. The number of fused-ring (bicyclic) bond motifs is 6. The number of benzene rings is 7. The van der Waals surface area contributed by atoms with Crippen LogP contribution in [0, 0.1) is 5.92 Å². The van der Waals surface area contributed by atoms with Gasteiger partial charge in [0.1, 0.15) is 0 Å². The molecule has 1 unspecified atom stereocenters. The van der Waals surface area contributed by atoms with E-state index < -0.39 is 0 Å². The highest BCUT2D eigenvalue weighted by molar-refractivity contribution is 6.10. The fourth-order valence-electron chi connectivity index (χ4n) is 8.99. The van der Waals surface area contributed by atoms with Crippen molar-refractivity contribution in [3.8, 4) is 27.9 Å². The second-order valence-corrected chi connectivity index (χ2v) is 15.0. The van der Waals surface area contributed by atoms with Crippen LogP contribution >= 0.6 is 0 Å².